The van der Waals surface area contributed by atoms with E-state index in [1.165, 1.54) is 10.4 Å². The molecule has 19 heavy (non-hydrogen) atoms. The van der Waals surface area contributed by atoms with E-state index in [0.29, 0.717) is 6.04 Å². The van der Waals surface area contributed by atoms with Crippen LogP contribution in [0.2, 0.25) is 0 Å². The molecule has 0 spiro atoms. The third-order valence-electron chi connectivity index (χ3n) is 3.80. The zero-order valence-corrected chi connectivity index (χ0v) is 11.7. The average Bonchev–Trinajstić information content (AvgIpc) is 2.86. The Bertz CT molecular complexity index is 523. The summed E-state index contributed by atoms with van der Waals surface area (Å²) in [4.78, 5) is 1.36. The second-order valence-electron chi connectivity index (χ2n) is 5.15. The molecule has 0 aliphatic heterocycles. The number of fused-ring (bicyclic) bond motifs is 1. The summed E-state index contributed by atoms with van der Waals surface area (Å²) < 4.78 is 0. The summed E-state index contributed by atoms with van der Waals surface area (Å²) in [6, 6.07) is 12.9. The predicted molar refractivity (Wildman–Crippen MR) is 79.3 cm³/mol. The van der Waals surface area contributed by atoms with Crippen LogP contribution in [0.15, 0.2) is 41.8 Å². The van der Waals surface area contributed by atoms with Gasteiger partial charge in [0.15, 0.2) is 0 Å². The van der Waals surface area contributed by atoms with E-state index in [1.54, 1.807) is 11.3 Å². The number of aliphatic hydroxyl groups is 1. The van der Waals surface area contributed by atoms with E-state index in [0.717, 1.165) is 31.4 Å². The Labute approximate surface area is 118 Å². The van der Waals surface area contributed by atoms with Crippen LogP contribution in [0.3, 0.4) is 0 Å². The zero-order chi connectivity index (χ0) is 13.1. The highest BCUT2D eigenvalue weighted by Gasteiger charge is 2.23. The van der Waals surface area contributed by atoms with Crippen molar-refractivity contribution in [1.29, 1.82) is 0 Å². The molecule has 0 fully saturated rings. The lowest BCUT2D eigenvalue weighted by Crippen LogP contribution is -2.29. The van der Waals surface area contributed by atoms with Crippen LogP contribution in [-0.4, -0.2) is 11.1 Å². The van der Waals surface area contributed by atoms with Crippen molar-refractivity contribution >= 4 is 11.3 Å². The molecule has 2 aromatic rings. The number of rotatable bonds is 3. The van der Waals surface area contributed by atoms with E-state index >= 15 is 0 Å². The summed E-state index contributed by atoms with van der Waals surface area (Å²) in [5.74, 6) is 0. The smallest absolute Gasteiger partial charge is 0.0815 e. The van der Waals surface area contributed by atoms with Crippen molar-refractivity contribution in [2.75, 3.05) is 0 Å². The van der Waals surface area contributed by atoms with Gasteiger partial charge in [-0.2, -0.15) is 0 Å². The van der Waals surface area contributed by atoms with Gasteiger partial charge in [-0.25, -0.2) is 0 Å². The molecule has 100 valence electrons. The normalized spacial score (nSPS) is 22.8. The van der Waals surface area contributed by atoms with Crippen molar-refractivity contribution in [3.63, 3.8) is 0 Å². The Balaban J connectivity index is 1.60. The largest absolute Gasteiger partial charge is 0.388 e. The Morgan fingerprint density at radius 3 is 2.89 bits per heavy atom. The second kappa shape index (κ2) is 5.87. The topological polar surface area (TPSA) is 32.3 Å². The van der Waals surface area contributed by atoms with Crippen molar-refractivity contribution in [3.8, 4) is 0 Å². The lowest BCUT2D eigenvalue weighted by Gasteiger charge is -2.18. The standard InChI is InChI=1S/C16H19NOS/c18-15-10-13(6-7-16-14(15)8-9-19-16)17-11-12-4-2-1-3-5-12/h1-5,8-9,13,15,17-18H,6-7,10-11H2. The summed E-state index contributed by atoms with van der Waals surface area (Å²) in [7, 11) is 0. The number of hydrogen-bond donors (Lipinski definition) is 2. The van der Waals surface area contributed by atoms with Gasteiger partial charge in [-0.05, 0) is 41.8 Å². The van der Waals surface area contributed by atoms with Gasteiger partial charge in [-0.15, -0.1) is 11.3 Å². The van der Waals surface area contributed by atoms with Gasteiger partial charge < -0.3 is 10.4 Å². The van der Waals surface area contributed by atoms with E-state index in [9.17, 15) is 5.11 Å². The molecule has 1 aromatic carbocycles. The van der Waals surface area contributed by atoms with Gasteiger partial charge in [-0.3, -0.25) is 0 Å². The maximum atomic E-state index is 10.3. The minimum atomic E-state index is -0.308. The van der Waals surface area contributed by atoms with E-state index in [2.05, 4.69) is 41.0 Å². The molecule has 0 bridgehead atoms. The van der Waals surface area contributed by atoms with Crippen LogP contribution < -0.4 is 5.32 Å². The van der Waals surface area contributed by atoms with Crippen LogP contribution in [0.1, 0.15) is 34.9 Å². The molecular weight excluding hydrogens is 254 g/mol. The van der Waals surface area contributed by atoms with Gasteiger partial charge in [0.1, 0.15) is 0 Å². The number of thiophene rings is 1. The fourth-order valence-electron chi connectivity index (χ4n) is 2.71. The van der Waals surface area contributed by atoms with Crippen LogP contribution in [0, 0.1) is 0 Å². The average molecular weight is 273 g/mol. The van der Waals surface area contributed by atoms with Crippen molar-refractivity contribution in [2.45, 2.75) is 38.0 Å². The molecule has 3 heteroatoms. The van der Waals surface area contributed by atoms with Gasteiger partial charge in [-0.1, -0.05) is 30.3 Å². The Morgan fingerprint density at radius 2 is 2.05 bits per heavy atom. The van der Waals surface area contributed by atoms with Gasteiger partial charge in [0.25, 0.3) is 0 Å². The predicted octanol–water partition coefficient (Wildman–Crippen LogP) is 3.28. The minimum absolute atomic E-state index is 0.308. The van der Waals surface area contributed by atoms with E-state index in [4.69, 9.17) is 0 Å². The third-order valence-corrected chi connectivity index (χ3v) is 4.80. The number of aryl methyl sites for hydroxylation is 1. The Morgan fingerprint density at radius 1 is 1.21 bits per heavy atom. The molecule has 2 N–H and O–H groups in total. The lowest BCUT2D eigenvalue weighted by molar-refractivity contribution is 0.153. The van der Waals surface area contributed by atoms with Crippen molar-refractivity contribution in [2.24, 2.45) is 0 Å². The molecule has 2 unspecified atom stereocenters. The maximum Gasteiger partial charge on any atom is 0.0815 e. The third kappa shape index (κ3) is 3.06. The fourth-order valence-corrected chi connectivity index (χ4v) is 3.67. The van der Waals surface area contributed by atoms with E-state index < -0.39 is 0 Å². The first-order chi connectivity index (χ1) is 9.33. The van der Waals surface area contributed by atoms with Gasteiger partial charge >= 0.3 is 0 Å². The Kier molecular flexibility index (Phi) is 3.97. The van der Waals surface area contributed by atoms with Crippen LogP contribution in [0.25, 0.3) is 0 Å². The monoisotopic (exact) mass is 273 g/mol. The Hall–Kier alpha value is -1.16. The summed E-state index contributed by atoms with van der Waals surface area (Å²) >= 11 is 1.77. The quantitative estimate of drug-likeness (QED) is 0.841. The SMILES string of the molecule is OC1CC(NCc2ccccc2)CCc2sccc21. The summed E-state index contributed by atoms with van der Waals surface area (Å²) in [5, 5.41) is 15.9. The van der Waals surface area contributed by atoms with E-state index in [1.807, 2.05) is 6.07 Å². The molecule has 0 saturated carbocycles. The molecule has 0 radical (unpaired) electrons. The highest BCUT2D eigenvalue weighted by molar-refractivity contribution is 7.10. The van der Waals surface area contributed by atoms with E-state index in [-0.39, 0.29) is 6.10 Å². The molecule has 3 rings (SSSR count). The van der Waals surface area contributed by atoms with Crippen molar-refractivity contribution in [3.05, 3.63) is 57.8 Å². The molecular formula is C16H19NOS. The summed E-state index contributed by atoms with van der Waals surface area (Å²) in [6.07, 6.45) is 2.70. The number of aliphatic hydroxyl groups excluding tert-OH is 1. The maximum absolute atomic E-state index is 10.3. The van der Waals surface area contributed by atoms with Crippen molar-refractivity contribution in [1.82, 2.24) is 5.32 Å². The lowest BCUT2D eigenvalue weighted by atomic mass is 10.1. The summed E-state index contributed by atoms with van der Waals surface area (Å²) in [5.41, 5.74) is 2.45. The number of hydrogen-bond acceptors (Lipinski definition) is 3. The molecule has 0 amide bonds. The highest BCUT2D eigenvalue weighted by Crippen LogP contribution is 2.32. The molecule has 2 nitrogen and oxygen atoms in total. The second-order valence-corrected chi connectivity index (χ2v) is 6.15. The first-order valence-electron chi connectivity index (χ1n) is 6.84. The van der Waals surface area contributed by atoms with Crippen LogP contribution in [0.5, 0.6) is 0 Å². The first kappa shape index (κ1) is 12.9. The van der Waals surface area contributed by atoms with Crippen LogP contribution >= 0.6 is 11.3 Å². The molecule has 1 heterocycles. The van der Waals surface area contributed by atoms with Gasteiger partial charge in [0.05, 0.1) is 6.10 Å². The molecule has 1 aliphatic carbocycles. The van der Waals surface area contributed by atoms with Gasteiger partial charge in [0, 0.05) is 17.5 Å². The van der Waals surface area contributed by atoms with Crippen molar-refractivity contribution < 1.29 is 5.11 Å². The summed E-state index contributed by atoms with van der Waals surface area (Å²) in [6.45, 7) is 0.881. The molecule has 2 atom stereocenters. The highest BCUT2D eigenvalue weighted by atomic mass is 32.1. The van der Waals surface area contributed by atoms with Gasteiger partial charge in [0.2, 0.25) is 0 Å². The first-order valence-corrected chi connectivity index (χ1v) is 7.72. The molecule has 1 aliphatic rings. The number of benzene rings is 1. The zero-order valence-electron chi connectivity index (χ0n) is 10.9. The number of nitrogens with one attached hydrogen (secondary N) is 1. The molecule has 1 aromatic heterocycles. The molecule has 0 saturated heterocycles. The fraction of sp³-hybridized carbons (Fsp3) is 0.375. The minimum Gasteiger partial charge on any atom is -0.388 e. The van der Waals surface area contributed by atoms with Crippen LogP contribution in [-0.2, 0) is 13.0 Å². The van der Waals surface area contributed by atoms with Crippen LogP contribution in [0.4, 0.5) is 0 Å².